The summed E-state index contributed by atoms with van der Waals surface area (Å²) < 4.78 is 0. The molecule has 0 fully saturated rings. The highest BCUT2D eigenvalue weighted by atomic mass is 127. The third-order valence-electron chi connectivity index (χ3n) is 2.45. The number of aromatic nitrogens is 1. The molecule has 0 saturated heterocycles. The highest BCUT2D eigenvalue weighted by Gasteiger charge is 1.98. The minimum Gasteiger partial charge on any atom is -1.00 e. The highest BCUT2D eigenvalue weighted by molar-refractivity contribution is 5.44. The van der Waals surface area contributed by atoms with Gasteiger partial charge in [0.2, 0.25) is 0 Å². The van der Waals surface area contributed by atoms with Crippen LogP contribution in [0.4, 0.5) is 5.69 Å². The van der Waals surface area contributed by atoms with Crippen molar-refractivity contribution in [2.24, 2.45) is 5.73 Å². The van der Waals surface area contributed by atoms with Crippen LogP contribution in [0.5, 0.6) is 0 Å². The molecule has 2 aromatic rings. The molecule has 0 aliphatic carbocycles. The predicted molar refractivity (Wildman–Crippen MR) is 64.7 cm³/mol. The first-order chi connectivity index (χ1) is 7.88. The summed E-state index contributed by atoms with van der Waals surface area (Å²) in [6.07, 6.45) is 1.93. The van der Waals surface area contributed by atoms with Crippen LogP contribution in [0.3, 0.4) is 0 Å². The van der Waals surface area contributed by atoms with Crippen LogP contribution in [0.1, 0.15) is 11.3 Å². The summed E-state index contributed by atoms with van der Waals surface area (Å²) in [5, 5.41) is 3.34. The summed E-state index contributed by atoms with van der Waals surface area (Å²) in [6, 6.07) is 14.2. The minimum absolute atomic E-state index is 0. The lowest BCUT2D eigenvalue weighted by Gasteiger charge is -2.04. The van der Waals surface area contributed by atoms with Crippen molar-refractivity contribution < 1.29 is 29.0 Å². The molecule has 3 nitrogen and oxygen atoms in total. The van der Waals surface area contributed by atoms with Gasteiger partial charge in [0.15, 0.2) is 11.9 Å². The fourth-order valence-electron chi connectivity index (χ4n) is 1.50. The maximum Gasteiger partial charge on any atom is 0.198 e. The second-order valence-electron chi connectivity index (χ2n) is 3.64. The molecule has 17 heavy (non-hydrogen) atoms. The molecule has 0 atom stereocenters. The van der Waals surface area contributed by atoms with E-state index in [0.29, 0.717) is 6.54 Å². The standard InChI is InChI=1S/C13H15N3.HI/c14-9-11-4-6-12(7-5-11)16-10-13-3-1-2-8-15-13;/h1-8,16H,9-10,14H2;1H. The number of H-pyrrole nitrogens is 1. The van der Waals surface area contributed by atoms with E-state index < -0.39 is 0 Å². The summed E-state index contributed by atoms with van der Waals surface area (Å²) in [7, 11) is 0. The minimum atomic E-state index is 0. The van der Waals surface area contributed by atoms with Crippen molar-refractivity contribution in [2.75, 3.05) is 5.32 Å². The third kappa shape index (κ3) is 4.32. The first kappa shape index (κ1) is 13.9. The van der Waals surface area contributed by atoms with Crippen LogP contribution in [0, 0.1) is 0 Å². The lowest BCUT2D eigenvalue weighted by molar-refractivity contribution is -0.389. The van der Waals surface area contributed by atoms with Gasteiger partial charge in [0.05, 0.1) is 0 Å². The molecule has 0 aliphatic rings. The van der Waals surface area contributed by atoms with E-state index in [4.69, 9.17) is 5.73 Å². The van der Waals surface area contributed by atoms with Crippen LogP contribution in [-0.4, -0.2) is 0 Å². The molecule has 4 heteroatoms. The van der Waals surface area contributed by atoms with E-state index in [0.717, 1.165) is 23.5 Å². The normalized spacial score (nSPS) is 9.47. The van der Waals surface area contributed by atoms with Crippen LogP contribution < -0.4 is 40.0 Å². The molecule has 0 bridgehead atoms. The molecule has 0 saturated carbocycles. The van der Waals surface area contributed by atoms with Gasteiger partial charge >= 0.3 is 0 Å². The van der Waals surface area contributed by atoms with Gasteiger partial charge in [-0.2, -0.15) is 0 Å². The zero-order valence-corrected chi connectivity index (χ0v) is 11.6. The molecular weight excluding hydrogens is 325 g/mol. The van der Waals surface area contributed by atoms with E-state index in [2.05, 4.69) is 16.4 Å². The van der Waals surface area contributed by atoms with E-state index >= 15 is 0 Å². The molecule has 90 valence electrons. The molecule has 0 radical (unpaired) electrons. The lowest BCUT2D eigenvalue weighted by atomic mass is 10.2. The van der Waals surface area contributed by atoms with Crippen molar-refractivity contribution in [3.63, 3.8) is 0 Å². The second kappa shape index (κ2) is 7.24. The summed E-state index contributed by atoms with van der Waals surface area (Å²) in [4.78, 5) is 3.18. The Bertz CT molecular complexity index is 428. The Kier molecular flexibility index (Phi) is 5.93. The quantitative estimate of drug-likeness (QED) is 0.671. The zero-order chi connectivity index (χ0) is 11.2. The summed E-state index contributed by atoms with van der Waals surface area (Å²) in [5.41, 5.74) is 8.95. The first-order valence-corrected chi connectivity index (χ1v) is 5.37. The van der Waals surface area contributed by atoms with Gasteiger partial charge in [-0.25, -0.2) is 4.98 Å². The summed E-state index contributed by atoms with van der Waals surface area (Å²) in [5.74, 6) is 0. The van der Waals surface area contributed by atoms with Gasteiger partial charge in [0.25, 0.3) is 0 Å². The molecule has 1 aromatic carbocycles. The molecule has 1 heterocycles. The van der Waals surface area contributed by atoms with E-state index in [1.807, 2.05) is 42.6 Å². The molecule has 0 unspecified atom stereocenters. The van der Waals surface area contributed by atoms with Crippen molar-refractivity contribution >= 4 is 5.69 Å². The van der Waals surface area contributed by atoms with Gasteiger partial charge in [-0.15, -0.1) is 0 Å². The highest BCUT2D eigenvalue weighted by Crippen LogP contribution is 2.09. The van der Waals surface area contributed by atoms with Crippen molar-refractivity contribution in [3.05, 3.63) is 59.9 Å². The maximum atomic E-state index is 5.54. The van der Waals surface area contributed by atoms with E-state index in [1.165, 1.54) is 0 Å². The molecule has 2 rings (SSSR count). The van der Waals surface area contributed by atoms with Gasteiger partial charge in [-0.05, 0) is 17.7 Å². The van der Waals surface area contributed by atoms with Crippen LogP contribution in [0.15, 0.2) is 48.7 Å². The monoisotopic (exact) mass is 341 g/mol. The Hall–Kier alpha value is -1.14. The number of rotatable bonds is 4. The average Bonchev–Trinajstić information content (AvgIpc) is 2.38. The van der Waals surface area contributed by atoms with Crippen molar-refractivity contribution in [2.45, 2.75) is 13.1 Å². The van der Waals surface area contributed by atoms with Gasteiger partial charge < -0.3 is 35.0 Å². The Morgan fingerprint density at radius 1 is 1.06 bits per heavy atom. The maximum absolute atomic E-state index is 5.54. The van der Waals surface area contributed by atoms with Crippen molar-refractivity contribution in [3.8, 4) is 0 Å². The molecule has 0 aliphatic heterocycles. The van der Waals surface area contributed by atoms with Gasteiger partial charge in [0, 0.05) is 24.4 Å². The molecule has 0 spiro atoms. The fourth-order valence-corrected chi connectivity index (χ4v) is 1.50. The van der Waals surface area contributed by atoms with Crippen molar-refractivity contribution in [1.82, 2.24) is 0 Å². The molecular formula is C13H16IN3. The Morgan fingerprint density at radius 2 is 1.82 bits per heavy atom. The van der Waals surface area contributed by atoms with E-state index in [-0.39, 0.29) is 24.0 Å². The molecule has 1 aromatic heterocycles. The number of pyridine rings is 1. The number of anilines is 1. The Balaban J connectivity index is 0.00000144. The van der Waals surface area contributed by atoms with Gasteiger partial charge in [-0.3, -0.25) is 0 Å². The van der Waals surface area contributed by atoms with Crippen LogP contribution in [-0.2, 0) is 13.1 Å². The lowest BCUT2D eigenvalue weighted by Crippen LogP contribution is -3.00. The number of halogens is 1. The average molecular weight is 341 g/mol. The number of hydrogen-bond donors (Lipinski definition) is 2. The molecule has 0 amide bonds. The topological polar surface area (TPSA) is 52.2 Å². The van der Waals surface area contributed by atoms with Gasteiger partial charge in [0.1, 0.15) is 6.54 Å². The van der Waals surface area contributed by atoms with Crippen LogP contribution in [0.2, 0.25) is 0 Å². The number of aromatic amines is 1. The first-order valence-electron chi connectivity index (χ1n) is 5.37. The number of nitrogens with two attached hydrogens (primary N) is 1. The van der Waals surface area contributed by atoms with Crippen molar-refractivity contribution in [1.29, 1.82) is 0 Å². The van der Waals surface area contributed by atoms with Crippen LogP contribution in [0.25, 0.3) is 0 Å². The summed E-state index contributed by atoms with van der Waals surface area (Å²) in [6.45, 7) is 1.38. The summed E-state index contributed by atoms with van der Waals surface area (Å²) >= 11 is 0. The molecule has 4 N–H and O–H groups in total. The van der Waals surface area contributed by atoms with E-state index in [1.54, 1.807) is 0 Å². The zero-order valence-electron chi connectivity index (χ0n) is 9.49. The number of nitrogens with one attached hydrogen (secondary N) is 2. The number of hydrogen-bond acceptors (Lipinski definition) is 2. The largest absolute Gasteiger partial charge is 1.00 e. The third-order valence-corrected chi connectivity index (χ3v) is 2.45. The predicted octanol–water partition coefficient (Wildman–Crippen LogP) is -1.42. The Labute approximate surface area is 118 Å². The Morgan fingerprint density at radius 3 is 2.41 bits per heavy atom. The fraction of sp³-hybridized carbons (Fsp3) is 0.154. The van der Waals surface area contributed by atoms with Gasteiger partial charge in [-0.1, -0.05) is 18.2 Å². The van der Waals surface area contributed by atoms with E-state index in [9.17, 15) is 0 Å². The SMILES string of the molecule is NCc1ccc(NCc2cccc[nH+]2)cc1.[I-]. The smallest absolute Gasteiger partial charge is 0.198 e. The second-order valence-corrected chi connectivity index (χ2v) is 3.64. The van der Waals surface area contributed by atoms with Crippen LogP contribution >= 0.6 is 0 Å². The number of benzene rings is 1.